The number of rotatable bonds is 3. The fourth-order valence-corrected chi connectivity index (χ4v) is 4.67. The Bertz CT molecular complexity index is 1030. The smallest absolute Gasteiger partial charge is 0.410 e. The van der Waals surface area contributed by atoms with Crippen LogP contribution in [0.2, 0.25) is 0 Å². The zero-order valence-corrected chi connectivity index (χ0v) is 16.7. The second-order valence-electron chi connectivity index (χ2n) is 8.38. The Morgan fingerprint density at radius 2 is 2.20 bits per heavy atom. The number of carbonyl (C=O) groups excluding carboxylic acids is 2. The number of fused-ring (bicyclic) bond motifs is 1. The van der Waals surface area contributed by atoms with E-state index < -0.39 is 5.54 Å². The van der Waals surface area contributed by atoms with E-state index in [1.165, 1.54) is 12.1 Å². The molecule has 4 heterocycles. The summed E-state index contributed by atoms with van der Waals surface area (Å²) >= 11 is 0. The van der Waals surface area contributed by atoms with Crippen molar-refractivity contribution in [1.29, 1.82) is 0 Å². The van der Waals surface area contributed by atoms with E-state index in [2.05, 4.69) is 10.3 Å². The molecule has 0 bridgehead atoms. The van der Waals surface area contributed by atoms with Crippen molar-refractivity contribution in [3.63, 3.8) is 0 Å². The summed E-state index contributed by atoms with van der Waals surface area (Å²) in [6, 6.07) is 8.42. The molecule has 1 aromatic carbocycles. The molecule has 3 aliphatic rings. The molecule has 0 spiro atoms. The molecule has 8 heteroatoms. The van der Waals surface area contributed by atoms with Gasteiger partial charge in [0.25, 0.3) is 5.91 Å². The van der Waals surface area contributed by atoms with Crippen molar-refractivity contribution in [1.82, 2.24) is 14.8 Å². The summed E-state index contributed by atoms with van der Waals surface area (Å²) in [5, 5.41) is 3.38. The standard InChI is InChI=1S/C22H23FN4O3/c1-22(16-3-2-4-17(23)10-16)11-14-9-15(12-24-19(14)25-22)20(28)26-6-5-18(13-26)27-7-8-30-21(27)29/h2-4,9-10,12,18H,5-8,11,13H2,1H3,(H,24,25)/t18-,22+/m0/s1. The third-order valence-electron chi connectivity index (χ3n) is 6.30. The fraction of sp³-hybridized carbons (Fsp3) is 0.409. The normalized spacial score (nSPS) is 25.3. The van der Waals surface area contributed by atoms with Crippen LogP contribution in [0.4, 0.5) is 15.0 Å². The van der Waals surface area contributed by atoms with Gasteiger partial charge in [0.15, 0.2) is 0 Å². The number of anilines is 1. The largest absolute Gasteiger partial charge is 0.448 e. The predicted molar refractivity (Wildman–Crippen MR) is 108 cm³/mol. The summed E-state index contributed by atoms with van der Waals surface area (Å²) in [7, 11) is 0. The predicted octanol–water partition coefficient (Wildman–Crippen LogP) is 2.77. The first kappa shape index (κ1) is 18.8. The average Bonchev–Trinajstić information content (AvgIpc) is 3.44. The van der Waals surface area contributed by atoms with E-state index in [1.807, 2.05) is 19.1 Å². The van der Waals surface area contributed by atoms with Gasteiger partial charge in [-0.15, -0.1) is 0 Å². The molecule has 0 saturated carbocycles. The van der Waals surface area contributed by atoms with Gasteiger partial charge in [-0.2, -0.15) is 0 Å². The van der Waals surface area contributed by atoms with Crippen molar-refractivity contribution in [3.8, 4) is 0 Å². The maximum Gasteiger partial charge on any atom is 0.410 e. The van der Waals surface area contributed by atoms with Crippen molar-refractivity contribution in [2.24, 2.45) is 0 Å². The number of benzene rings is 1. The molecule has 0 aliphatic carbocycles. The van der Waals surface area contributed by atoms with Crippen LogP contribution < -0.4 is 5.32 Å². The molecule has 2 aromatic rings. The van der Waals surface area contributed by atoms with Crippen LogP contribution in [0, 0.1) is 5.82 Å². The molecular weight excluding hydrogens is 387 g/mol. The molecule has 30 heavy (non-hydrogen) atoms. The summed E-state index contributed by atoms with van der Waals surface area (Å²) in [5.41, 5.74) is 1.83. The lowest BCUT2D eigenvalue weighted by Crippen LogP contribution is -2.39. The van der Waals surface area contributed by atoms with Gasteiger partial charge in [0.05, 0.1) is 23.7 Å². The van der Waals surface area contributed by atoms with Crippen molar-refractivity contribution < 1.29 is 18.7 Å². The molecule has 3 aliphatic heterocycles. The number of nitrogens with zero attached hydrogens (tertiary/aromatic N) is 3. The van der Waals surface area contributed by atoms with E-state index in [0.29, 0.717) is 38.2 Å². The Balaban J connectivity index is 1.32. The number of ether oxygens (including phenoxy) is 1. The van der Waals surface area contributed by atoms with Crippen LogP contribution in [-0.2, 0) is 16.7 Å². The van der Waals surface area contributed by atoms with E-state index in [0.717, 1.165) is 23.4 Å². The van der Waals surface area contributed by atoms with Crippen LogP contribution in [0.3, 0.4) is 0 Å². The van der Waals surface area contributed by atoms with Gasteiger partial charge in [-0.05, 0) is 42.7 Å². The number of amides is 2. The van der Waals surface area contributed by atoms with Crippen LogP contribution in [0.5, 0.6) is 0 Å². The molecule has 1 N–H and O–H groups in total. The van der Waals surface area contributed by atoms with E-state index in [4.69, 9.17) is 4.74 Å². The molecule has 0 unspecified atom stereocenters. The van der Waals surface area contributed by atoms with Crippen LogP contribution in [-0.4, -0.2) is 59.1 Å². The lowest BCUT2D eigenvalue weighted by atomic mass is 9.89. The van der Waals surface area contributed by atoms with Gasteiger partial charge in [-0.1, -0.05) is 12.1 Å². The molecular formula is C22H23FN4O3. The van der Waals surface area contributed by atoms with Crippen LogP contribution in [0.25, 0.3) is 0 Å². The van der Waals surface area contributed by atoms with Gasteiger partial charge in [-0.25, -0.2) is 14.2 Å². The lowest BCUT2D eigenvalue weighted by Gasteiger charge is -2.25. The first-order valence-electron chi connectivity index (χ1n) is 10.2. The first-order valence-corrected chi connectivity index (χ1v) is 10.2. The third-order valence-corrected chi connectivity index (χ3v) is 6.30. The highest BCUT2D eigenvalue weighted by atomic mass is 19.1. The molecule has 2 saturated heterocycles. The molecule has 0 radical (unpaired) electrons. The molecule has 5 rings (SSSR count). The number of hydrogen-bond donors (Lipinski definition) is 1. The molecule has 7 nitrogen and oxygen atoms in total. The van der Waals surface area contributed by atoms with Gasteiger partial charge in [0.1, 0.15) is 18.2 Å². The second kappa shape index (κ2) is 6.97. The summed E-state index contributed by atoms with van der Waals surface area (Å²) in [6.07, 6.45) is 2.65. The van der Waals surface area contributed by atoms with Gasteiger partial charge in [0, 0.05) is 25.7 Å². The Hall–Kier alpha value is -3.16. The Kier molecular flexibility index (Phi) is 4.38. The van der Waals surface area contributed by atoms with Crippen LogP contribution in [0.15, 0.2) is 36.5 Å². The van der Waals surface area contributed by atoms with Crippen molar-refractivity contribution >= 4 is 17.8 Å². The van der Waals surface area contributed by atoms with Gasteiger partial charge in [-0.3, -0.25) is 9.69 Å². The van der Waals surface area contributed by atoms with Crippen LogP contribution >= 0.6 is 0 Å². The zero-order chi connectivity index (χ0) is 20.9. The van der Waals surface area contributed by atoms with Gasteiger partial charge in [0.2, 0.25) is 0 Å². The fourth-order valence-electron chi connectivity index (χ4n) is 4.67. The van der Waals surface area contributed by atoms with Crippen molar-refractivity contribution in [3.05, 3.63) is 59.0 Å². The van der Waals surface area contributed by atoms with E-state index >= 15 is 0 Å². The molecule has 2 amide bonds. The summed E-state index contributed by atoms with van der Waals surface area (Å²) in [6.45, 7) is 4.10. The zero-order valence-electron chi connectivity index (χ0n) is 16.7. The highest BCUT2D eigenvalue weighted by Gasteiger charge is 2.38. The summed E-state index contributed by atoms with van der Waals surface area (Å²) in [5.74, 6) is 0.359. The monoisotopic (exact) mass is 410 g/mol. The number of cyclic esters (lactones) is 1. The van der Waals surface area contributed by atoms with E-state index in [9.17, 15) is 14.0 Å². The minimum Gasteiger partial charge on any atom is -0.448 e. The first-order chi connectivity index (χ1) is 14.4. The number of aromatic nitrogens is 1. The van der Waals surface area contributed by atoms with Crippen molar-refractivity contribution in [2.75, 3.05) is 31.6 Å². The van der Waals surface area contributed by atoms with Crippen molar-refractivity contribution in [2.45, 2.75) is 31.3 Å². The van der Waals surface area contributed by atoms with E-state index in [1.54, 1.807) is 22.1 Å². The SMILES string of the molecule is C[C@]1(c2cccc(F)c2)Cc2cc(C(=O)N3CC[C@H](N4CCOC4=O)C3)cnc2N1. The highest BCUT2D eigenvalue weighted by Crippen LogP contribution is 2.38. The number of halogens is 1. The third kappa shape index (κ3) is 3.16. The van der Waals surface area contributed by atoms with Gasteiger partial charge < -0.3 is 15.0 Å². The Labute approximate surface area is 173 Å². The number of pyridine rings is 1. The quantitative estimate of drug-likeness (QED) is 0.842. The second-order valence-corrected chi connectivity index (χ2v) is 8.38. The lowest BCUT2D eigenvalue weighted by molar-refractivity contribution is 0.0779. The Morgan fingerprint density at radius 3 is 2.97 bits per heavy atom. The average molecular weight is 410 g/mol. The minimum atomic E-state index is -0.478. The van der Waals surface area contributed by atoms with Gasteiger partial charge >= 0.3 is 6.09 Å². The molecule has 156 valence electrons. The maximum atomic E-state index is 13.7. The van der Waals surface area contributed by atoms with E-state index in [-0.39, 0.29) is 23.9 Å². The molecule has 1 aromatic heterocycles. The summed E-state index contributed by atoms with van der Waals surface area (Å²) < 4.78 is 18.7. The molecule has 2 fully saturated rings. The number of carbonyl (C=O) groups is 2. The number of nitrogens with one attached hydrogen (secondary N) is 1. The topological polar surface area (TPSA) is 74.8 Å². The number of likely N-dealkylation sites (tertiary alicyclic amines) is 1. The highest BCUT2D eigenvalue weighted by molar-refractivity contribution is 5.94. The minimum absolute atomic E-state index is 0.00396. The molecule has 2 atom stereocenters. The summed E-state index contributed by atoms with van der Waals surface area (Å²) in [4.78, 5) is 32.8. The number of hydrogen-bond acceptors (Lipinski definition) is 5. The van der Waals surface area contributed by atoms with Crippen LogP contribution in [0.1, 0.15) is 34.8 Å². The maximum absolute atomic E-state index is 13.7. The Morgan fingerprint density at radius 1 is 1.33 bits per heavy atom.